The summed E-state index contributed by atoms with van der Waals surface area (Å²) >= 11 is 0. The zero-order valence-corrected chi connectivity index (χ0v) is 12.8. The first-order valence-electron chi connectivity index (χ1n) is 6.63. The molecule has 1 saturated carbocycles. The van der Waals surface area contributed by atoms with Crippen LogP contribution in [0.4, 0.5) is 5.82 Å². The van der Waals surface area contributed by atoms with E-state index < -0.39 is 10.0 Å². The number of anilines is 1. The number of hydrogen-bond donors (Lipinski definition) is 2. The van der Waals surface area contributed by atoms with E-state index in [1.165, 1.54) is 18.3 Å². The van der Waals surface area contributed by atoms with Crippen LogP contribution < -0.4 is 10.5 Å². The normalized spacial score (nSPS) is 25.1. The molecule has 0 aromatic carbocycles. The Balaban J connectivity index is 2.09. The second kappa shape index (κ2) is 5.31. The molecule has 0 amide bonds. The van der Waals surface area contributed by atoms with E-state index in [-0.39, 0.29) is 22.5 Å². The molecule has 3 N–H and O–H groups in total. The molecule has 1 fully saturated rings. The molecule has 0 spiro atoms. The maximum atomic E-state index is 12.3. The fourth-order valence-corrected chi connectivity index (χ4v) is 3.72. The number of sulfonamides is 1. The third-order valence-electron chi connectivity index (χ3n) is 3.91. The second-order valence-corrected chi connectivity index (χ2v) is 7.31. The number of aromatic nitrogens is 1. The number of hydrogen-bond acceptors (Lipinski definition) is 5. The van der Waals surface area contributed by atoms with E-state index in [0.29, 0.717) is 18.8 Å². The van der Waals surface area contributed by atoms with Crippen molar-refractivity contribution in [2.75, 3.05) is 12.3 Å². The van der Waals surface area contributed by atoms with Gasteiger partial charge in [-0.2, -0.15) is 0 Å². The van der Waals surface area contributed by atoms with E-state index >= 15 is 0 Å². The summed E-state index contributed by atoms with van der Waals surface area (Å²) in [4.78, 5) is 3.94. The van der Waals surface area contributed by atoms with E-state index in [0.717, 1.165) is 0 Å². The molecule has 0 aliphatic heterocycles. The minimum atomic E-state index is -3.57. The fraction of sp³-hybridized carbons (Fsp3) is 0.615. The van der Waals surface area contributed by atoms with Crippen molar-refractivity contribution in [2.45, 2.75) is 44.2 Å². The average Bonchev–Trinajstić information content (AvgIpc) is 2.38. The molecule has 20 heavy (non-hydrogen) atoms. The van der Waals surface area contributed by atoms with Crippen molar-refractivity contribution >= 4 is 15.8 Å². The van der Waals surface area contributed by atoms with Crippen LogP contribution in [0.5, 0.6) is 0 Å². The molecule has 1 aliphatic rings. The summed E-state index contributed by atoms with van der Waals surface area (Å²) in [5.41, 5.74) is 5.24. The average molecular weight is 299 g/mol. The first-order chi connectivity index (χ1) is 9.27. The van der Waals surface area contributed by atoms with Crippen molar-refractivity contribution in [1.29, 1.82) is 0 Å². The van der Waals surface area contributed by atoms with Crippen LogP contribution in [0.2, 0.25) is 0 Å². The highest BCUT2D eigenvalue weighted by Gasteiger charge is 2.50. The monoisotopic (exact) mass is 299 g/mol. The number of nitrogens with zero attached hydrogens (tertiary/aromatic N) is 1. The molecule has 0 saturated heterocycles. The summed E-state index contributed by atoms with van der Waals surface area (Å²) in [6.45, 7) is 6.58. The van der Waals surface area contributed by atoms with E-state index in [4.69, 9.17) is 10.5 Å². The van der Waals surface area contributed by atoms with Gasteiger partial charge in [-0.3, -0.25) is 0 Å². The number of nitrogen functional groups attached to an aromatic ring is 1. The van der Waals surface area contributed by atoms with E-state index in [2.05, 4.69) is 9.71 Å². The highest BCUT2D eigenvalue weighted by Crippen LogP contribution is 2.43. The Morgan fingerprint density at radius 2 is 2.20 bits per heavy atom. The van der Waals surface area contributed by atoms with Crippen molar-refractivity contribution in [1.82, 2.24) is 9.71 Å². The zero-order valence-electron chi connectivity index (χ0n) is 12.0. The number of nitrogens with one attached hydrogen (secondary N) is 1. The lowest BCUT2D eigenvalue weighted by Gasteiger charge is -2.51. The maximum Gasteiger partial charge on any atom is 0.242 e. The number of pyridine rings is 1. The summed E-state index contributed by atoms with van der Waals surface area (Å²) in [7, 11) is -3.57. The second-order valence-electron chi connectivity index (χ2n) is 5.59. The van der Waals surface area contributed by atoms with Gasteiger partial charge in [-0.25, -0.2) is 18.1 Å². The van der Waals surface area contributed by atoms with Crippen LogP contribution in [0.3, 0.4) is 0 Å². The molecule has 2 unspecified atom stereocenters. The standard InChI is InChI=1S/C13H21N3O3S/c1-4-19-11-7-10(13(11,2)3)16-20(17,18)9-5-6-12(14)15-8-9/h5-6,8,10-11,16H,4,7H2,1-3H3,(H2,14,15). The molecule has 1 heterocycles. The van der Waals surface area contributed by atoms with Crippen molar-refractivity contribution in [3.05, 3.63) is 18.3 Å². The molecular weight excluding hydrogens is 278 g/mol. The smallest absolute Gasteiger partial charge is 0.242 e. The van der Waals surface area contributed by atoms with E-state index in [9.17, 15) is 8.42 Å². The molecule has 1 aromatic heterocycles. The largest absolute Gasteiger partial charge is 0.384 e. The Bertz CT molecular complexity index is 569. The third-order valence-corrected chi connectivity index (χ3v) is 5.37. The molecule has 7 heteroatoms. The van der Waals surface area contributed by atoms with Gasteiger partial charge in [-0.15, -0.1) is 0 Å². The van der Waals surface area contributed by atoms with Gasteiger partial charge in [0.25, 0.3) is 0 Å². The van der Waals surface area contributed by atoms with Crippen LogP contribution in [0.15, 0.2) is 23.2 Å². The SMILES string of the molecule is CCOC1CC(NS(=O)(=O)c2ccc(N)nc2)C1(C)C. The van der Waals surface area contributed by atoms with Crippen molar-refractivity contribution in [3.8, 4) is 0 Å². The molecule has 0 bridgehead atoms. The van der Waals surface area contributed by atoms with Gasteiger partial charge in [-0.1, -0.05) is 13.8 Å². The van der Waals surface area contributed by atoms with Gasteiger partial charge in [-0.05, 0) is 25.5 Å². The van der Waals surface area contributed by atoms with Gasteiger partial charge in [0, 0.05) is 24.3 Å². The quantitative estimate of drug-likeness (QED) is 0.850. The Morgan fingerprint density at radius 3 is 2.70 bits per heavy atom. The highest BCUT2D eigenvalue weighted by molar-refractivity contribution is 7.89. The first kappa shape index (κ1) is 15.2. The van der Waals surface area contributed by atoms with Crippen LogP contribution in [-0.2, 0) is 14.8 Å². The number of ether oxygens (including phenoxy) is 1. The molecular formula is C13H21N3O3S. The summed E-state index contributed by atoms with van der Waals surface area (Å²) in [6.07, 6.45) is 2.04. The lowest BCUT2D eigenvalue weighted by atomic mass is 9.65. The molecule has 2 atom stereocenters. The van der Waals surface area contributed by atoms with Gasteiger partial charge in [0.2, 0.25) is 10.0 Å². The number of nitrogens with two attached hydrogens (primary N) is 1. The van der Waals surface area contributed by atoms with Crippen molar-refractivity contribution < 1.29 is 13.2 Å². The predicted molar refractivity (Wildman–Crippen MR) is 76.6 cm³/mol. The summed E-state index contributed by atoms with van der Waals surface area (Å²) < 4.78 is 32.8. The highest BCUT2D eigenvalue weighted by atomic mass is 32.2. The molecule has 1 aliphatic carbocycles. The topological polar surface area (TPSA) is 94.3 Å². The van der Waals surface area contributed by atoms with E-state index in [1.54, 1.807) is 0 Å². The molecule has 1 aromatic rings. The van der Waals surface area contributed by atoms with Gasteiger partial charge in [0.05, 0.1) is 6.10 Å². The molecule has 2 rings (SSSR count). The van der Waals surface area contributed by atoms with E-state index in [1.807, 2.05) is 20.8 Å². The molecule has 6 nitrogen and oxygen atoms in total. The molecule has 112 valence electrons. The lowest BCUT2D eigenvalue weighted by Crippen LogP contribution is -2.61. The van der Waals surface area contributed by atoms with Crippen LogP contribution >= 0.6 is 0 Å². The first-order valence-corrected chi connectivity index (χ1v) is 8.11. The zero-order chi connectivity index (χ0) is 15.0. The van der Waals surface area contributed by atoms with Gasteiger partial charge in [0.1, 0.15) is 10.7 Å². The van der Waals surface area contributed by atoms with Crippen molar-refractivity contribution in [3.63, 3.8) is 0 Å². The van der Waals surface area contributed by atoms with Crippen LogP contribution in [0.25, 0.3) is 0 Å². The van der Waals surface area contributed by atoms with Crippen LogP contribution in [0.1, 0.15) is 27.2 Å². The third kappa shape index (κ3) is 2.79. The Morgan fingerprint density at radius 1 is 1.50 bits per heavy atom. The van der Waals surface area contributed by atoms with Crippen molar-refractivity contribution in [2.24, 2.45) is 5.41 Å². The Labute approximate surface area is 119 Å². The summed E-state index contributed by atoms with van der Waals surface area (Å²) in [5.74, 6) is 0.296. The van der Waals surface area contributed by atoms with Gasteiger partial charge < -0.3 is 10.5 Å². The molecule has 0 radical (unpaired) electrons. The van der Waals surface area contributed by atoms with Crippen LogP contribution in [-0.4, -0.2) is 32.2 Å². The summed E-state index contributed by atoms with van der Waals surface area (Å²) in [5, 5.41) is 0. The Kier molecular flexibility index (Phi) is 4.04. The fourth-order valence-electron chi connectivity index (χ4n) is 2.38. The van der Waals surface area contributed by atoms with Gasteiger partial charge >= 0.3 is 0 Å². The minimum absolute atomic E-state index is 0.0877. The predicted octanol–water partition coefficient (Wildman–Crippen LogP) is 1.15. The lowest BCUT2D eigenvalue weighted by molar-refractivity contribution is -0.108. The van der Waals surface area contributed by atoms with Crippen LogP contribution in [0, 0.1) is 5.41 Å². The minimum Gasteiger partial charge on any atom is -0.384 e. The summed E-state index contributed by atoms with van der Waals surface area (Å²) in [6, 6.07) is 2.79. The van der Waals surface area contributed by atoms with Gasteiger partial charge in [0.15, 0.2) is 0 Å². The maximum absolute atomic E-state index is 12.3. The number of rotatable bonds is 5. The Hall–Kier alpha value is -1.18.